The molecule has 0 saturated carbocycles. The molecule has 1 aliphatic heterocycles. The number of fused-ring (bicyclic) bond motifs is 2. The molecule has 2 aromatic carbocycles. The molecule has 86 valence electrons. The molecule has 0 N–H and O–H groups in total. The maximum atomic E-state index is 6.03. The molecular weight excluding hydrogens is 327 g/mol. The molecule has 0 aliphatic carbocycles. The van der Waals surface area contributed by atoms with Crippen molar-refractivity contribution in [1.29, 1.82) is 0 Å². The zero-order chi connectivity index (χ0) is 12.0. The minimum absolute atomic E-state index is 0.411. The first-order valence-corrected chi connectivity index (χ1v) is 6.34. The maximum Gasteiger partial charge on any atom is 0.185 e. The molecule has 0 saturated heterocycles. The first-order valence-electron chi connectivity index (χ1n) is 4.79. The van der Waals surface area contributed by atoms with E-state index in [-0.39, 0.29) is 0 Å². The number of rotatable bonds is 0. The Morgan fingerprint density at radius 2 is 1.59 bits per heavy atom. The number of hydrogen-bond acceptors (Lipinski definition) is 2. The molecule has 0 radical (unpaired) electrons. The molecule has 0 unspecified atom stereocenters. The number of hydrogen-bond donors (Lipinski definition) is 0. The van der Waals surface area contributed by atoms with Gasteiger partial charge in [0.15, 0.2) is 23.0 Å². The van der Waals surface area contributed by atoms with Crippen LogP contribution in [0.5, 0.6) is 23.0 Å². The Kier molecular flexibility index (Phi) is 2.69. The second-order valence-electron chi connectivity index (χ2n) is 3.46. The van der Waals surface area contributed by atoms with Crippen LogP contribution in [-0.4, -0.2) is 0 Å². The topological polar surface area (TPSA) is 18.5 Å². The number of ether oxygens (including phenoxy) is 2. The first kappa shape index (κ1) is 11.2. The summed E-state index contributed by atoms with van der Waals surface area (Å²) in [5, 5.41) is 0.827. The van der Waals surface area contributed by atoms with Gasteiger partial charge in [0.2, 0.25) is 0 Å². The van der Waals surface area contributed by atoms with Crippen LogP contribution < -0.4 is 9.47 Å². The van der Waals surface area contributed by atoms with Gasteiger partial charge in [0.05, 0.1) is 14.5 Å². The molecule has 0 bridgehead atoms. The summed E-state index contributed by atoms with van der Waals surface area (Å²) >= 11 is 15.4. The van der Waals surface area contributed by atoms with Crippen LogP contribution >= 0.6 is 39.1 Å². The van der Waals surface area contributed by atoms with Crippen molar-refractivity contribution in [3.8, 4) is 23.0 Å². The second-order valence-corrected chi connectivity index (χ2v) is 5.04. The van der Waals surface area contributed by atoms with Gasteiger partial charge in [-0.15, -0.1) is 0 Å². The summed E-state index contributed by atoms with van der Waals surface area (Å²) in [6.45, 7) is 0. The van der Waals surface area contributed by atoms with E-state index in [2.05, 4.69) is 15.9 Å². The van der Waals surface area contributed by atoms with E-state index in [0.717, 1.165) is 0 Å². The van der Waals surface area contributed by atoms with Crippen molar-refractivity contribution in [2.75, 3.05) is 0 Å². The lowest BCUT2D eigenvalue weighted by Gasteiger charge is -2.22. The molecule has 0 amide bonds. The highest BCUT2D eigenvalue weighted by Crippen LogP contribution is 2.52. The molecular formula is C12H5BrCl2O2. The molecule has 2 nitrogen and oxygen atoms in total. The molecule has 1 heterocycles. The van der Waals surface area contributed by atoms with Gasteiger partial charge in [0.1, 0.15) is 0 Å². The van der Waals surface area contributed by atoms with Crippen LogP contribution in [0.4, 0.5) is 0 Å². The van der Waals surface area contributed by atoms with Gasteiger partial charge >= 0.3 is 0 Å². The monoisotopic (exact) mass is 330 g/mol. The lowest BCUT2D eigenvalue weighted by molar-refractivity contribution is 0.358. The van der Waals surface area contributed by atoms with E-state index in [1.165, 1.54) is 0 Å². The van der Waals surface area contributed by atoms with Gasteiger partial charge in [-0.25, -0.2) is 0 Å². The first-order chi connectivity index (χ1) is 8.16. The van der Waals surface area contributed by atoms with Crippen LogP contribution in [0, 0.1) is 0 Å². The SMILES string of the molecule is Clc1cc2c(c(Br)c1Cl)Oc1ccccc1O2. The van der Waals surface area contributed by atoms with Crippen molar-refractivity contribution < 1.29 is 9.47 Å². The minimum Gasteiger partial charge on any atom is -0.449 e. The van der Waals surface area contributed by atoms with Crippen LogP contribution in [0.1, 0.15) is 0 Å². The Morgan fingerprint density at radius 3 is 2.29 bits per heavy atom. The summed E-state index contributed by atoms with van der Waals surface area (Å²) in [7, 11) is 0. The van der Waals surface area contributed by atoms with Crippen LogP contribution in [-0.2, 0) is 0 Å². The van der Waals surface area contributed by atoms with Crippen molar-refractivity contribution in [2.45, 2.75) is 0 Å². The number of benzene rings is 2. The quantitative estimate of drug-likeness (QED) is 0.495. The van der Waals surface area contributed by atoms with Crippen molar-refractivity contribution in [1.82, 2.24) is 0 Å². The third kappa shape index (κ3) is 1.79. The van der Waals surface area contributed by atoms with Gasteiger partial charge in [-0.2, -0.15) is 0 Å². The van der Waals surface area contributed by atoms with Crippen LogP contribution in [0.25, 0.3) is 0 Å². The fraction of sp³-hybridized carbons (Fsp3) is 0. The molecule has 0 atom stereocenters. The van der Waals surface area contributed by atoms with E-state index < -0.39 is 0 Å². The van der Waals surface area contributed by atoms with Gasteiger partial charge in [0, 0.05) is 6.07 Å². The lowest BCUT2D eigenvalue weighted by atomic mass is 10.2. The van der Waals surface area contributed by atoms with Crippen LogP contribution in [0.2, 0.25) is 10.0 Å². The normalized spacial score (nSPS) is 12.2. The minimum atomic E-state index is 0.411. The molecule has 3 rings (SSSR count). The fourth-order valence-corrected chi connectivity index (χ4v) is 2.51. The smallest absolute Gasteiger partial charge is 0.185 e. The summed E-state index contributed by atoms with van der Waals surface area (Å²) in [6.07, 6.45) is 0. The summed E-state index contributed by atoms with van der Waals surface area (Å²) in [6, 6.07) is 9.04. The highest BCUT2D eigenvalue weighted by molar-refractivity contribution is 9.10. The number of para-hydroxylation sites is 2. The molecule has 1 aliphatic rings. The standard InChI is InChI=1S/C12H5BrCl2O2/c13-10-11(15)6(14)5-9-12(10)17-8-4-2-1-3-7(8)16-9/h1-5H. The van der Waals surface area contributed by atoms with Crippen LogP contribution in [0.3, 0.4) is 0 Å². The van der Waals surface area contributed by atoms with Gasteiger partial charge < -0.3 is 9.47 Å². The van der Waals surface area contributed by atoms with E-state index in [1.807, 2.05) is 24.3 Å². The van der Waals surface area contributed by atoms with Crippen molar-refractivity contribution in [3.05, 3.63) is 44.8 Å². The van der Waals surface area contributed by atoms with Crippen molar-refractivity contribution >= 4 is 39.1 Å². The molecule has 5 heteroatoms. The maximum absolute atomic E-state index is 6.03. The summed E-state index contributed by atoms with van der Waals surface area (Å²) < 4.78 is 12.0. The second kappa shape index (κ2) is 4.09. The van der Waals surface area contributed by atoms with Crippen molar-refractivity contribution in [3.63, 3.8) is 0 Å². The van der Waals surface area contributed by atoms with Gasteiger partial charge in [-0.3, -0.25) is 0 Å². The third-order valence-corrected chi connectivity index (χ3v) is 4.14. The average molecular weight is 332 g/mol. The van der Waals surface area contributed by atoms with E-state index >= 15 is 0 Å². The highest BCUT2D eigenvalue weighted by Gasteiger charge is 2.23. The van der Waals surface area contributed by atoms with Gasteiger partial charge in [-0.1, -0.05) is 35.3 Å². The molecule has 0 aromatic heterocycles. The Balaban J connectivity index is 2.18. The Bertz CT molecular complexity index is 614. The third-order valence-electron chi connectivity index (χ3n) is 2.36. The van der Waals surface area contributed by atoms with E-state index in [4.69, 9.17) is 32.7 Å². The summed E-state index contributed by atoms with van der Waals surface area (Å²) in [4.78, 5) is 0. The largest absolute Gasteiger partial charge is 0.449 e. The van der Waals surface area contributed by atoms with E-state index in [0.29, 0.717) is 37.5 Å². The fourth-order valence-electron chi connectivity index (χ4n) is 1.57. The van der Waals surface area contributed by atoms with E-state index in [9.17, 15) is 0 Å². The molecule has 17 heavy (non-hydrogen) atoms. The molecule has 0 fully saturated rings. The Hall–Kier alpha value is -0.900. The zero-order valence-electron chi connectivity index (χ0n) is 8.34. The van der Waals surface area contributed by atoms with E-state index in [1.54, 1.807) is 6.07 Å². The summed E-state index contributed by atoms with van der Waals surface area (Å²) in [5.41, 5.74) is 0. The molecule has 0 spiro atoms. The summed E-state index contributed by atoms with van der Waals surface area (Å²) in [5.74, 6) is 2.40. The Labute approximate surface area is 116 Å². The lowest BCUT2D eigenvalue weighted by Crippen LogP contribution is -1.99. The Morgan fingerprint density at radius 1 is 0.941 bits per heavy atom. The van der Waals surface area contributed by atoms with Crippen LogP contribution in [0.15, 0.2) is 34.8 Å². The highest BCUT2D eigenvalue weighted by atomic mass is 79.9. The zero-order valence-corrected chi connectivity index (χ0v) is 11.4. The van der Waals surface area contributed by atoms with Gasteiger partial charge in [0.25, 0.3) is 0 Å². The van der Waals surface area contributed by atoms with Crippen molar-refractivity contribution in [2.24, 2.45) is 0 Å². The average Bonchev–Trinajstić information content (AvgIpc) is 2.34. The predicted molar refractivity (Wildman–Crippen MR) is 70.8 cm³/mol. The predicted octanol–water partition coefficient (Wildman–Crippen LogP) is 5.65. The number of halogens is 3. The molecule has 2 aromatic rings. The van der Waals surface area contributed by atoms with Gasteiger partial charge in [-0.05, 0) is 28.1 Å².